The molecule has 1 aromatic carbocycles. The van der Waals surface area contributed by atoms with E-state index in [0.717, 1.165) is 6.54 Å². The molecule has 0 atom stereocenters. The summed E-state index contributed by atoms with van der Waals surface area (Å²) >= 11 is 0. The van der Waals surface area contributed by atoms with Gasteiger partial charge in [-0.1, -0.05) is 19.1 Å². The van der Waals surface area contributed by atoms with E-state index in [2.05, 4.69) is 42.8 Å². The fourth-order valence-electron chi connectivity index (χ4n) is 3.21. The summed E-state index contributed by atoms with van der Waals surface area (Å²) in [6.07, 6.45) is 2.42. The summed E-state index contributed by atoms with van der Waals surface area (Å²) in [6.45, 7) is 10.2. The van der Waals surface area contributed by atoms with Crippen LogP contribution in [-0.4, -0.2) is 23.0 Å². The smallest absolute Gasteiger partial charge is 0.0491 e. The van der Waals surface area contributed by atoms with Gasteiger partial charge in [0.25, 0.3) is 0 Å². The van der Waals surface area contributed by atoms with Crippen molar-refractivity contribution in [2.75, 3.05) is 13.1 Å². The highest BCUT2D eigenvalue weighted by Crippen LogP contribution is 2.31. The van der Waals surface area contributed by atoms with Gasteiger partial charge >= 0.3 is 0 Å². The average molecular weight is 242 g/mol. The van der Waals surface area contributed by atoms with Crippen molar-refractivity contribution in [3.05, 3.63) is 34.5 Å². The minimum Gasteiger partial charge on any atom is -0.358 e. The topological polar surface area (TPSA) is 19.0 Å². The molecule has 1 aliphatic rings. The van der Waals surface area contributed by atoms with E-state index in [0.29, 0.717) is 0 Å². The molecule has 1 N–H and O–H groups in total. The summed E-state index contributed by atoms with van der Waals surface area (Å²) in [5.41, 5.74) is 7.15. The maximum atomic E-state index is 3.66. The molecule has 0 saturated heterocycles. The molecule has 2 heterocycles. The lowest BCUT2D eigenvalue weighted by Gasteiger charge is -2.26. The lowest BCUT2D eigenvalue weighted by molar-refractivity contribution is 0.255. The van der Waals surface area contributed by atoms with Crippen molar-refractivity contribution < 1.29 is 0 Å². The van der Waals surface area contributed by atoms with Crippen molar-refractivity contribution in [2.45, 2.75) is 40.2 Å². The van der Waals surface area contributed by atoms with Crippen molar-refractivity contribution in [1.82, 2.24) is 9.88 Å². The Labute approximate surface area is 109 Å². The van der Waals surface area contributed by atoms with Gasteiger partial charge in [-0.2, -0.15) is 0 Å². The third-order valence-corrected chi connectivity index (χ3v) is 4.16. The van der Waals surface area contributed by atoms with Gasteiger partial charge in [-0.15, -0.1) is 0 Å². The number of benzene rings is 1. The molecule has 3 rings (SSSR count). The van der Waals surface area contributed by atoms with Crippen LogP contribution < -0.4 is 0 Å². The molecule has 96 valence electrons. The molecule has 1 aromatic heterocycles. The zero-order chi connectivity index (χ0) is 12.7. The molecule has 0 amide bonds. The minimum absolute atomic E-state index is 1.12. The molecule has 0 fully saturated rings. The van der Waals surface area contributed by atoms with Crippen LogP contribution in [0.4, 0.5) is 0 Å². The number of H-pyrrole nitrogens is 1. The first-order valence-corrected chi connectivity index (χ1v) is 7.02. The van der Waals surface area contributed by atoms with E-state index < -0.39 is 0 Å². The Bertz CT molecular complexity index is 580. The summed E-state index contributed by atoms with van der Waals surface area (Å²) in [5.74, 6) is 0. The molecule has 0 saturated carbocycles. The number of aromatic amines is 1. The largest absolute Gasteiger partial charge is 0.358 e. The molecule has 1 aliphatic heterocycles. The van der Waals surface area contributed by atoms with Gasteiger partial charge in [0.1, 0.15) is 0 Å². The molecule has 2 heteroatoms. The van der Waals surface area contributed by atoms with Crippen LogP contribution in [0.2, 0.25) is 0 Å². The highest BCUT2D eigenvalue weighted by Gasteiger charge is 2.21. The lowest BCUT2D eigenvalue weighted by Crippen LogP contribution is -2.30. The van der Waals surface area contributed by atoms with E-state index >= 15 is 0 Å². The minimum atomic E-state index is 1.12. The highest BCUT2D eigenvalue weighted by molar-refractivity contribution is 5.90. The summed E-state index contributed by atoms with van der Waals surface area (Å²) in [7, 11) is 0. The van der Waals surface area contributed by atoms with E-state index in [-0.39, 0.29) is 0 Å². The van der Waals surface area contributed by atoms with Crippen molar-refractivity contribution in [1.29, 1.82) is 0 Å². The number of nitrogens with one attached hydrogen (secondary N) is 1. The van der Waals surface area contributed by atoms with Gasteiger partial charge in [-0.05, 0) is 43.5 Å². The van der Waals surface area contributed by atoms with Crippen molar-refractivity contribution in [3.63, 3.8) is 0 Å². The molecule has 0 radical (unpaired) electrons. The predicted octanol–water partition coefficient (Wildman–Crippen LogP) is 3.55. The van der Waals surface area contributed by atoms with E-state index in [1.54, 1.807) is 5.56 Å². The van der Waals surface area contributed by atoms with Gasteiger partial charge in [0.15, 0.2) is 0 Å². The Morgan fingerprint density at radius 2 is 2.00 bits per heavy atom. The van der Waals surface area contributed by atoms with Gasteiger partial charge in [0, 0.05) is 36.1 Å². The average Bonchev–Trinajstić information content (AvgIpc) is 2.74. The maximum Gasteiger partial charge on any atom is 0.0491 e. The number of fused-ring (bicyclic) bond motifs is 3. The number of nitrogens with zero attached hydrogens (tertiary/aromatic N) is 1. The zero-order valence-electron chi connectivity index (χ0n) is 11.6. The van der Waals surface area contributed by atoms with Gasteiger partial charge in [0.2, 0.25) is 0 Å². The van der Waals surface area contributed by atoms with Crippen molar-refractivity contribution in [2.24, 2.45) is 0 Å². The Balaban J connectivity index is 2.12. The Morgan fingerprint density at radius 1 is 1.22 bits per heavy atom. The van der Waals surface area contributed by atoms with E-state index in [1.807, 2.05) is 0 Å². The van der Waals surface area contributed by atoms with Gasteiger partial charge in [-0.25, -0.2) is 0 Å². The fraction of sp³-hybridized carbons (Fsp3) is 0.500. The first-order valence-electron chi connectivity index (χ1n) is 7.02. The van der Waals surface area contributed by atoms with Gasteiger partial charge < -0.3 is 4.98 Å². The third kappa shape index (κ3) is 1.76. The molecular weight excluding hydrogens is 220 g/mol. The number of hydrogen-bond acceptors (Lipinski definition) is 1. The second kappa shape index (κ2) is 4.43. The predicted molar refractivity (Wildman–Crippen MR) is 77.0 cm³/mol. The molecule has 0 bridgehead atoms. The van der Waals surface area contributed by atoms with Crippen LogP contribution in [-0.2, 0) is 13.0 Å². The summed E-state index contributed by atoms with van der Waals surface area (Å²) in [4.78, 5) is 6.24. The van der Waals surface area contributed by atoms with Crippen molar-refractivity contribution >= 4 is 10.9 Å². The quantitative estimate of drug-likeness (QED) is 0.853. The van der Waals surface area contributed by atoms with Crippen LogP contribution in [0.3, 0.4) is 0 Å². The molecule has 2 nitrogen and oxygen atoms in total. The van der Waals surface area contributed by atoms with Crippen LogP contribution >= 0.6 is 0 Å². The second-order valence-corrected chi connectivity index (χ2v) is 5.56. The van der Waals surface area contributed by atoms with E-state index in [4.69, 9.17) is 0 Å². The lowest BCUT2D eigenvalue weighted by atomic mass is 10.00. The van der Waals surface area contributed by atoms with Crippen LogP contribution in [0.5, 0.6) is 0 Å². The van der Waals surface area contributed by atoms with Crippen molar-refractivity contribution in [3.8, 4) is 0 Å². The number of hydrogen-bond donors (Lipinski definition) is 1. The van der Waals surface area contributed by atoms with Crippen LogP contribution in [0.15, 0.2) is 12.1 Å². The monoisotopic (exact) mass is 242 g/mol. The molecular formula is C16H22N2. The zero-order valence-corrected chi connectivity index (χ0v) is 11.6. The normalized spacial score (nSPS) is 16.2. The number of rotatable bonds is 2. The van der Waals surface area contributed by atoms with E-state index in [1.165, 1.54) is 53.7 Å². The molecule has 2 aromatic rings. The van der Waals surface area contributed by atoms with Crippen LogP contribution in [0.25, 0.3) is 10.9 Å². The maximum absolute atomic E-state index is 3.66. The molecule has 0 spiro atoms. The van der Waals surface area contributed by atoms with Gasteiger partial charge in [0.05, 0.1) is 0 Å². The number of aromatic nitrogens is 1. The first kappa shape index (κ1) is 11.8. The Morgan fingerprint density at radius 3 is 2.78 bits per heavy atom. The van der Waals surface area contributed by atoms with Crippen LogP contribution in [0.1, 0.15) is 35.7 Å². The number of aryl methyl sites for hydroxylation is 2. The van der Waals surface area contributed by atoms with E-state index in [9.17, 15) is 0 Å². The Hall–Kier alpha value is -1.28. The van der Waals surface area contributed by atoms with Gasteiger partial charge in [-0.3, -0.25) is 4.90 Å². The molecule has 0 unspecified atom stereocenters. The summed E-state index contributed by atoms with van der Waals surface area (Å²) < 4.78 is 0. The summed E-state index contributed by atoms with van der Waals surface area (Å²) in [5, 5.41) is 1.48. The summed E-state index contributed by atoms with van der Waals surface area (Å²) in [6, 6.07) is 4.48. The second-order valence-electron chi connectivity index (χ2n) is 5.56. The fourth-order valence-corrected chi connectivity index (χ4v) is 3.21. The standard InChI is InChI=1S/C16H22N2/c1-4-8-18-9-7-14-13(10-18)15-11(2)5-6-12(3)16(15)17-14/h5-6,17H,4,7-10H2,1-3H3. The van der Waals surface area contributed by atoms with Crippen LogP contribution in [0, 0.1) is 13.8 Å². The third-order valence-electron chi connectivity index (χ3n) is 4.16. The molecule has 0 aliphatic carbocycles. The Kier molecular flexibility index (Phi) is 2.90. The molecule has 18 heavy (non-hydrogen) atoms. The SMILES string of the molecule is CCCN1CCc2[nH]c3c(C)ccc(C)c3c2C1. The highest BCUT2D eigenvalue weighted by atomic mass is 15.1. The first-order chi connectivity index (χ1) is 8.70.